The third-order valence-electron chi connectivity index (χ3n) is 6.25. The highest BCUT2D eigenvalue weighted by Crippen LogP contribution is 2.33. The van der Waals surface area contributed by atoms with Gasteiger partial charge in [0.2, 0.25) is 5.91 Å². The highest BCUT2D eigenvalue weighted by atomic mass is 19.1. The molecular weight excluding hydrogens is 411 g/mol. The fraction of sp³-hybridized carbons (Fsp3) is 0.375. The van der Waals surface area contributed by atoms with Crippen LogP contribution in [-0.2, 0) is 9.53 Å². The molecule has 0 bridgehead atoms. The summed E-state index contributed by atoms with van der Waals surface area (Å²) in [6.07, 6.45) is 1.42. The predicted molar refractivity (Wildman–Crippen MR) is 119 cm³/mol. The number of piperidine rings is 1. The molecule has 3 heterocycles. The maximum absolute atomic E-state index is 14.1. The maximum atomic E-state index is 14.1. The second kappa shape index (κ2) is 8.70. The van der Waals surface area contributed by atoms with Crippen LogP contribution in [0.25, 0.3) is 22.3 Å². The largest absolute Gasteiger partial charge is 0.507 e. The Morgan fingerprint density at radius 3 is 2.53 bits per heavy atom. The van der Waals surface area contributed by atoms with E-state index >= 15 is 0 Å². The van der Waals surface area contributed by atoms with Crippen LogP contribution < -0.4 is 4.90 Å². The molecule has 32 heavy (non-hydrogen) atoms. The van der Waals surface area contributed by atoms with Crippen molar-refractivity contribution in [2.75, 3.05) is 44.3 Å². The number of carbonyl (C=O) groups is 1. The molecule has 2 fully saturated rings. The van der Waals surface area contributed by atoms with E-state index in [1.807, 2.05) is 11.0 Å². The number of para-hydroxylation sites is 1. The van der Waals surface area contributed by atoms with Crippen molar-refractivity contribution in [3.05, 3.63) is 48.3 Å². The zero-order valence-corrected chi connectivity index (χ0v) is 17.7. The lowest BCUT2D eigenvalue weighted by molar-refractivity contribution is -0.140. The van der Waals surface area contributed by atoms with Crippen molar-refractivity contribution in [1.82, 2.24) is 14.9 Å². The average molecular weight is 436 g/mol. The van der Waals surface area contributed by atoms with Gasteiger partial charge in [0.1, 0.15) is 17.4 Å². The number of aromatic hydroxyl groups is 1. The molecular formula is C24H25FN4O3. The molecule has 166 valence electrons. The van der Waals surface area contributed by atoms with Crippen LogP contribution in [0.5, 0.6) is 5.75 Å². The second-order valence-electron chi connectivity index (χ2n) is 8.25. The number of amides is 1. The number of phenolic OH excluding ortho intramolecular Hbond substituents is 1. The van der Waals surface area contributed by atoms with E-state index in [4.69, 9.17) is 9.72 Å². The van der Waals surface area contributed by atoms with E-state index in [1.54, 1.807) is 24.3 Å². The molecule has 0 radical (unpaired) electrons. The first-order chi connectivity index (χ1) is 15.6. The lowest BCUT2D eigenvalue weighted by atomic mass is 9.95. The van der Waals surface area contributed by atoms with Crippen LogP contribution in [0.3, 0.4) is 0 Å². The van der Waals surface area contributed by atoms with Gasteiger partial charge in [-0.25, -0.2) is 14.4 Å². The number of phenols is 1. The highest BCUT2D eigenvalue weighted by molar-refractivity contribution is 5.91. The Balaban J connectivity index is 1.44. The molecule has 0 saturated carbocycles. The number of nitrogens with zero attached hydrogens (tertiary/aromatic N) is 4. The number of hydrogen-bond donors (Lipinski definition) is 1. The maximum Gasteiger partial charge on any atom is 0.225 e. The summed E-state index contributed by atoms with van der Waals surface area (Å²) in [6.45, 7) is 3.78. The summed E-state index contributed by atoms with van der Waals surface area (Å²) in [7, 11) is 0. The van der Waals surface area contributed by atoms with Gasteiger partial charge in [0, 0.05) is 37.5 Å². The van der Waals surface area contributed by atoms with E-state index in [9.17, 15) is 14.3 Å². The van der Waals surface area contributed by atoms with Crippen LogP contribution in [0, 0.1) is 11.7 Å². The summed E-state index contributed by atoms with van der Waals surface area (Å²) in [5.74, 6) is 0.937. The second-order valence-corrected chi connectivity index (χ2v) is 8.25. The number of benzene rings is 2. The van der Waals surface area contributed by atoms with Gasteiger partial charge < -0.3 is 19.6 Å². The Morgan fingerprint density at radius 2 is 1.78 bits per heavy atom. The number of ether oxygens (including phenoxy) is 1. The average Bonchev–Trinajstić information content (AvgIpc) is 2.84. The first-order valence-corrected chi connectivity index (χ1v) is 11.0. The van der Waals surface area contributed by atoms with Gasteiger partial charge in [0.25, 0.3) is 0 Å². The molecule has 2 saturated heterocycles. The van der Waals surface area contributed by atoms with Crippen molar-refractivity contribution in [2.45, 2.75) is 12.8 Å². The third kappa shape index (κ3) is 3.98. The van der Waals surface area contributed by atoms with Crippen molar-refractivity contribution in [1.29, 1.82) is 0 Å². The first kappa shape index (κ1) is 20.6. The van der Waals surface area contributed by atoms with Crippen molar-refractivity contribution in [3.8, 4) is 17.1 Å². The smallest absolute Gasteiger partial charge is 0.225 e. The lowest BCUT2D eigenvalue weighted by Crippen LogP contribution is -2.47. The van der Waals surface area contributed by atoms with Crippen LogP contribution >= 0.6 is 0 Å². The standard InChI is InChI=1S/C24H25FN4O3/c25-17-5-6-20-19(15-17)23(27-22(26-20)18-3-1-2-4-21(18)30)28-9-7-16(8-10-28)24(31)29-11-13-32-14-12-29/h1-6,15-16,30H,7-14H2. The van der Waals surface area contributed by atoms with Crippen molar-refractivity contribution in [2.24, 2.45) is 5.92 Å². The summed E-state index contributed by atoms with van der Waals surface area (Å²) in [5, 5.41) is 10.9. The molecule has 8 heteroatoms. The molecule has 5 rings (SSSR count). The van der Waals surface area contributed by atoms with Gasteiger partial charge >= 0.3 is 0 Å². The van der Waals surface area contributed by atoms with Gasteiger partial charge in [-0.05, 0) is 43.2 Å². The Bertz CT molecular complexity index is 1140. The zero-order valence-electron chi connectivity index (χ0n) is 17.7. The number of morpholine rings is 1. The number of fused-ring (bicyclic) bond motifs is 1. The highest BCUT2D eigenvalue weighted by Gasteiger charge is 2.30. The van der Waals surface area contributed by atoms with Crippen LogP contribution in [0.15, 0.2) is 42.5 Å². The summed E-state index contributed by atoms with van der Waals surface area (Å²) in [6, 6.07) is 11.4. The first-order valence-electron chi connectivity index (χ1n) is 11.0. The summed E-state index contributed by atoms with van der Waals surface area (Å²) in [4.78, 5) is 26.2. The molecule has 1 amide bonds. The number of anilines is 1. The monoisotopic (exact) mass is 436 g/mol. The van der Waals surface area contributed by atoms with E-state index in [1.165, 1.54) is 12.1 Å². The molecule has 2 aliphatic heterocycles. The normalized spacial score (nSPS) is 17.7. The molecule has 2 aromatic carbocycles. The number of aromatic nitrogens is 2. The molecule has 0 spiro atoms. The SMILES string of the molecule is O=C(C1CCN(c2nc(-c3ccccc3O)nc3ccc(F)cc23)CC1)N1CCOCC1. The molecule has 2 aliphatic rings. The fourth-order valence-electron chi connectivity index (χ4n) is 4.49. The summed E-state index contributed by atoms with van der Waals surface area (Å²) in [5.41, 5.74) is 1.14. The number of halogens is 1. The molecule has 1 N–H and O–H groups in total. The fourth-order valence-corrected chi connectivity index (χ4v) is 4.49. The Morgan fingerprint density at radius 1 is 1.03 bits per heavy atom. The van der Waals surface area contributed by atoms with Crippen molar-refractivity contribution < 1.29 is 19.0 Å². The van der Waals surface area contributed by atoms with E-state index in [0.717, 1.165) is 0 Å². The Hall–Kier alpha value is -3.26. The van der Waals surface area contributed by atoms with Crippen molar-refractivity contribution in [3.63, 3.8) is 0 Å². The topological polar surface area (TPSA) is 78.8 Å². The van der Waals surface area contributed by atoms with Crippen molar-refractivity contribution >= 4 is 22.6 Å². The lowest BCUT2D eigenvalue weighted by Gasteiger charge is -2.36. The molecule has 0 aliphatic carbocycles. The Labute approximate surface area is 185 Å². The van der Waals surface area contributed by atoms with E-state index in [0.29, 0.717) is 80.3 Å². The zero-order chi connectivity index (χ0) is 22.1. The molecule has 3 aromatic rings. The third-order valence-corrected chi connectivity index (χ3v) is 6.25. The minimum Gasteiger partial charge on any atom is -0.507 e. The predicted octanol–water partition coefficient (Wildman–Crippen LogP) is 3.22. The molecule has 0 unspecified atom stereocenters. The Kier molecular flexibility index (Phi) is 5.61. The van der Waals surface area contributed by atoms with Gasteiger partial charge in [0.15, 0.2) is 5.82 Å². The molecule has 0 atom stereocenters. The van der Waals surface area contributed by atoms with Gasteiger partial charge in [0.05, 0.1) is 24.3 Å². The van der Waals surface area contributed by atoms with Gasteiger partial charge in [-0.1, -0.05) is 12.1 Å². The minimum absolute atomic E-state index is 0.0215. The summed E-state index contributed by atoms with van der Waals surface area (Å²) >= 11 is 0. The van der Waals surface area contributed by atoms with Crippen LogP contribution in [0.2, 0.25) is 0 Å². The number of carbonyl (C=O) groups excluding carboxylic acids is 1. The number of rotatable bonds is 3. The van der Waals surface area contributed by atoms with Crippen LogP contribution in [-0.4, -0.2) is 65.3 Å². The minimum atomic E-state index is -0.352. The molecule has 1 aromatic heterocycles. The summed E-state index contributed by atoms with van der Waals surface area (Å²) < 4.78 is 19.4. The number of hydrogen-bond acceptors (Lipinski definition) is 6. The van der Waals surface area contributed by atoms with Gasteiger partial charge in [-0.3, -0.25) is 4.79 Å². The van der Waals surface area contributed by atoms with Crippen LogP contribution in [0.1, 0.15) is 12.8 Å². The van der Waals surface area contributed by atoms with Gasteiger partial charge in [-0.2, -0.15) is 0 Å². The van der Waals surface area contributed by atoms with Crippen LogP contribution in [0.4, 0.5) is 10.2 Å². The van der Waals surface area contributed by atoms with E-state index < -0.39 is 0 Å². The van der Waals surface area contributed by atoms with Gasteiger partial charge in [-0.15, -0.1) is 0 Å². The molecule has 7 nitrogen and oxygen atoms in total. The van der Waals surface area contributed by atoms with E-state index in [2.05, 4.69) is 9.88 Å². The van der Waals surface area contributed by atoms with E-state index in [-0.39, 0.29) is 23.4 Å². The quantitative estimate of drug-likeness (QED) is 0.679.